The molecule has 0 heterocycles. The highest BCUT2D eigenvalue weighted by Crippen LogP contribution is 2.06. The molecule has 3 nitrogen and oxygen atoms in total. The van der Waals surface area contributed by atoms with Crippen LogP contribution in [0.3, 0.4) is 0 Å². The van der Waals surface area contributed by atoms with Crippen molar-refractivity contribution in [1.29, 1.82) is 0 Å². The molecule has 3 heteroatoms. The maximum absolute atomic E-state index is 10.9. The molecule has 0 saturated heterocycles. The van der Waals surface area contributed by atoms with Crippen molar-refractivity contribution in [2.45, 2.75) is 26.3 Å². The molecule has 82 valence electrons. The van der Waals surface area contributed by atoms with Gasteiger partial charge in [-0.05, 0) is 25.5 Å². The van der Waals surface area contributed by atoms with Crippen molar-refractivity contribution in [3.05, 3.63) is 35.4 Å². The lowest BCUT2D eigenvalue weighted by molar-refractivity contribution is -0.139. The van der Waals surface area contributed by atoms with E-state index in [1.165, 1.54) is 5.56 Å². The van der Waals surface area contributed by atoms with Crippen molar-refractivity contribution in [2.75, 3.05) is 6.54 Å². The van der Waals surface area contributed by atoms with Crippen molar-refractivity contribution in [1.82, 2.24) is 5.32 Å². The van der Waals surface area contributed by atoms with Crippen molar-refractivity contribution in [3.63, 3.8) is 0 Å². The molecule has 1 rings (SSSR count). The summed E-state index contributed by atoms with van der Waals surface area (Å²) in [6, 6.07) is 7.46. The Hall–Kier alpha value is -1.35. The number of nitrogens with one attached hydrogen (secondary N) is 1. The zero-order valence-corrected chi connectivity index (χ0v) is 9.16. The van der Waals surface area contributed by atoms with E-state index in [2.05, 4.69) is 5.32 Å². The molecule has 0 aliphatic carbocycles. The lowest BCUT2D eigenvalue weighted by atomic mass is 10.0. The molecule has 0 radical (unpaired) electrons. The Morgan fingerprint density at radius 2 is 2.00 bits per heavy atom. The van der Waals surface area contributed by atoms with E-state index in [4.69, 9.17) is 5.11 Å². The minimum absolute atomic E-state index is 0.488. The number of hydrogen-bond acceptors (Lipinski definition) is 2. The van der Waals surface area contributed by atoms with Crippen LogP contribution in [0.15, 0.2) is 24.3 Å². The number of rotatable bonds is 5. The minimum Gasteiger partial charge on any atom is -0.480 e. The molecule has 2 N–H and O–H groups in total. The maximum Gasteiger partial charge on any atom is 0.321 e. The number of aryl methyl sites for hydroxylation is 1. The molecule has 0 fully saturated rings. The van der Waals surface area contributed by atoms with E-state index in [1.807, 2.05) is 38.1 Å². The van der Waals surface area contributed by atoms with Crippen LogP contribution >= 0.6 is 0 Å². The molecular weight excluding hydrogens is 190 g/mol. The summed E-state index contributed by atoms with van der Waals surface area (Å²) in [6.45, 7) is 4.59. The fourth-order valence-corrected chi connectivity index (χ4v) is 1.45. The topological polar surface area (TPSA) is 49.3 Å². The monoisotopic (exact) mass is 207 g/mol. The molecule has 0 aliphatic rings. The normalized spacial score (nSPS) is 12.4. The Kier molecular flexibility index (Phi) is 4.31. The average molecular weight is 207 g/mol. The second-order valence-electron chi connectivity index (χ2n) is 3.64. The highest BCUT2D eigenvalue weighted by atomic mass is 16.4. The number of carbonyl (C=O) groups is 1. The molecule has 0 amide bonds. The number of likely N-dealkylation sites (N-methyl/N-ethyl adjacent to an activating group) is 1. The van der Waals surface area contributed by atoms with Crippen LogP contribution in [0.2, 0.25) is 0 Å². The predicted octanol–water partition coefficient (Wildman–Crippen LogP) is 1.60. The van der Waals surface area contributed by atoms with Crippen molar-refractivity contribution in [2.24, 2.45) is 0 Å². The molecule has 0 spiro atoms. The second kappa shape index (κ2) is 5.51. The third-order valence-electron chi connectivity index (χ3n) is 2.31. The van der Waals surface area contributed by atoms with Gasteiger partial charge in [0.2, 0.25) is 0 Å². The van der Waals surface area contributed by atoms with Gasteiger partial charge in [0.05, 0.1) is 0 Å². The molecule has 1 atom stereocenters. The fraction of sp³-hybridized carbons (Fsp3) is 0.417. The molecule has 0 aromatic heterocycles. The molecule has 1 aromatic rings. The third-order valence-corrected chi connectivity index (χ3v) is 2.31. The van der Waals surface area contributed by atoms with Gasteiger partial charge in [0.15, 0.2) is 0 Å². The summed E-state index contributed by atoms with van der Waals surface area (Å²) in [5.41, 5.74) is 2.24. The first-order valence-corrected chi connectivity index (χ1v) is 5.15. The van der Waals surface area contributed by atoms with Gasteiger partial charge in [-0.25, -0.2) is 0 Å². The molecule has 0 bridgehead atoms. The van der Waals surface area contributed by atoms with Gasteiger partial charge in [-0.1, -0.05) is 36.8 Å². The maximum atomic E-state index is 10.9. The highest BCUT2D eigenvalue weighted by molar-refractivity contribution is 5.73. The summed E-state index contributed by atoms with van der Waals surface area (Å²) >= 11 is 0. The van der Waals surface area contributed by atoms with Crippen molar-refractivity contribution in [3.8, 4) is 0 Å². The predicted molar refractivity (Wildman–Crippen MR) is 60.0 cm³/mol. The third kappa shape index (κ3) is 3.72. The van der Waals surface area contributed by atoms with Crippen LogP contribution in [0.1, 0.15) is 18.1 Å². The summed E-state index contributed by atoms with van der Waals surface area (Å²) in [5.74, 6) is -0.794. The van der Waals surface area contributed by atoms with Gasteiger partial charge >= 0.3 is 5.97 Å². The Morgan fingerprint density at radius 1 is 1.40 bits per heavy atom. The van der Waals surface area contributed by atoms with Crippen LogP contribution in [0.25, 0.3) is 0 Å². The number of benzene rings is 1. The molecule has 0 saturated carbocycles. The quantitative estimate of drug-likeness (QED) is 0.771. The van der Waals surface area contributed by atoms with E-state index < -0.39 is 12.0 Å². The summed E-state index contributed by atoms with van der Waals surface area (Å²) in [7, 11) is 0. The number of hydrogen-bond donors (Lipinski definition) is 2. The van der Waals surface area contributed by atoms with E-state index in [9.17, 15) is 4.79 Å². The first kappa shape index (κ1) is 11.7. The summed E-state index contributed by atoms with van der Waals surface area (Å²) in [4.78, 5) is 10.9. The van der Waals surface area contributed by atoms with Gasteiger partial charge in [-0.15, -0.1) is 0 Å². The SMILES string of the molecule is CCNC(Cc1ccc(C)cc1)C(=O)O. The van der Waals surface area contributed by atoms with E-state index in [0.717, 1.165) is 5.56 Å². The zero-order valence-electron chi connectivity index (χ0n) is 9.16. The minimum atomic E-state index is -0.794. The standard InChI is InChI=1S/C12H17NO2/c1-3-13-11(12(14)15)8-10-6-4-9(2)5-7-10/h4-7,11,13H,3,8H2,1-2H3,(H,14,15). The fourth-order valence-electron chi connectivity index (χ4n) is 1.45. The molecular formula is C12H17NO2. The Morgan fingerprint density at radius 3 is 2.47 bits per heavy atom. The van der Waals surface area contributed by atoms with E-state index in [1.54, 1.807) is 0 Å². The average Bonchev–Trinajstić information content (AvgIpc) is 2.20. The highest BCUT2D eigenvalue weighted by Gasteiger charge is 2.15. The van der Waals surface area contributed by atoms with Gasteiger partial charge < -0.3 is 10.4 Å². The Bertz CT molecular complexity index is 319. The summed E-state index contributed by atoms with van der Waals surface area (Å²) in [5, 5.41) is 11.9. The first-order valence-electron chi connectivity index (χ1n) is 5.15. The zero-order chi connectivity index (χ0) is 11.3. The van der Waals surface area contributed by atoms with Crippen LogP contribution in [-0.4, -0.2) is 23.7 Å². The Balaban J connectivity index is 2.65. The van der Waals surface area contributed by atoms with Gasteiger partial charge in [-0.3, -0.25) is 4.79 Å². The smallest absolute Gasteiger partial charge is 0.321 e. The largest absolute Gasteiger partial charge is 0.480 e. The lowest BCUT2D eigenvalue weighted by Crippen LogP contribution is -2.38. The molecule has 15 heavy (non-hydrogen) atoms. The first-order chi connectivity index (χ1) is 7.13. The number of aliphatic carboxylic acids is 1. The molecule has 1 aromatic carbocycles. The van der Waals surface area contributed by atoms with Gasteiger partial charge in [-0.2, -0.15) is 0 Å². The van der Waals surface area contributed by atoms with Crippen molar-refractivity contribution < 1.29 is 9.90 Å². The summed E-state index contributed by atoms with van der Waals surface area (Å²) < 4.78 is 0. The number of carboxylic acid groups (broad SMARTS) is 1. The van der Waals surface area contributed by atoms with Crippen LogP contribution in [0.5, 0.6) is 0 Å². The summed E-state index contributed by atoms with van der Waals surface area (Å²) in [6.07, 6.45) is 0.531. The van der Waals surface area contributed by atoms with Crippen LogP contribution in [0, 0.1) is 6.92 Å². The van der Waals surface area contributed by atoms with Gasteiger partial charge in [0.25, 0.3) is 0 Å². The number of carboxylic acids is 1. The van der Waals surface area contributed by atoms with E-state index in [0.29, 0.717) is 13.0 Å². The van der Waals surface area contributed by atoms with Crippen LogP contribution in [0.4, 0.5) is 0 Å². The van der Waals surface area contributed by atoms with E-state index >= 15 is 0 Å². The van der Waals surface area contributed by atoms with Crippen LogP contribution in [-0.2, 0) is 11.2 Å². The van der Waals surface area contributed by atoms with Gasteiger partial charge in [0.1, 0.15) is 6.04 Å². The second-order valence-corrected chi connectivity index (χ2v) is 3.64. The van der Waals surface area contributed by atoms with Gasteiger partial charge in [0, 0.05) is 0 Å². The Labute approximate surface area is 90.1 Å². The molecule has 1 unspecified atom stereocenters. The van der Waals surface area contributed by atoms with Crippen molar-refractivity contribution >= 4 is 5.97 Å². The lowest BCUT2D eigenvalue weighted by Gasteiger charge is -2.12. The van der Waals surface area contributed by atoms with E-state index in [-0.39, 0.29) is 0 Å². The molecule has 0 aliphatic heterocycles. The van der Waals surface area contributed by atoms with Crippen LogP contribution < -0.4 is 5.32 Å².